The first kappa shape index (κ1) is 12.6. The standard InChI is InChI=1S/C9H17NO4S/c11-4-1-7-15(13)8-9(12)10-2-5-14-6-3-10/h11H,1-8H2. The number of hydrogen-bond acceptors (Lipinski definition) is 4. The van der Waals surface area contributed by atoms with Crippen LogP contribution in [-0.4, -0.2) is 64.5 Å². The number of nitrogens with zero attached hydrogens (tertiary/aromatic N) is 1. The molecule has 1 amide bonds. The van der Waals surface area contributed by atoms with Crippen molar-refractivity contribution in [3.8, 4) is 0 Å². The summed E-state index contributed by atoms with van der Waals surface area (Å²) < 4.78 is 16.5. The van der Waals surface area contributed by atoms with Crippen molar-refractivity contribution >= 4 is 16.7 Å². The normalized spacial score (nSPS) is 18.9. The average molecular weight is 235 g/mol. The number of amides is 1. The topological polar surface area (TPSA) is 66.8 Å². The molecule has 1 N–H and O–H groups in total. The Balaban J connectivity index is 2.24. The average Bonchev–Trinajstić information content (AvgIpc) is 2.27. The maximum Gasteiger partial charge on any atom is 0.235 e. The van der Waals surface area contributed by atoms with Crippen LogP contribution in [-0.2, 0) is 20.3 Å². The Kier molecular flexibility index (Phi) is 5.82. The summed E-state index contributed by atoms with van der Waals surface area (Å²) in [5, 5.41) is 8.55. The minimum Gasteiger partial charge on any atom is -0.396 e. The van der Waals surface area contributed by atoms with Crippen LogP contribution in [0.25, 0.3) is 0 Å². The summed E-state index contributed by atoms with van der Waals surface area (Å²) in [5.74, 6) is 0.390. The zero-order chi connectivity index (χ0) is 11.1. The molecule has 0 bridgehead atoms. The molecule has 0 saturated carbocycles. The quantitative estimate of drug-likeness (QED) is 0.662. The Bertz CT molecular complexity index is 228. The van der Waals surface area contributed by atoms with Crippen LogP contribution < -0.4 is 0 Å². The van der Waals surface area contributed by atoms with Crippen molar-refractivity contribution in [1.29, 1.82) is 0 Å². The highest BCUT2D eigenvalue weighted by Gasteiger charge is 2.18. The fraction of sp³-hybridized carbons (Fsp3) is 0.889. The van der Waals surface area contributed by atoms with Crippen LogP contribution in [0, 0.1) is 0 Å². The molecule has 0 spiro atoms. The summed E-state index contributed by atoms with van der Waals surface area (Å²) in [6, 6.07) is 0. The lowest BCUT2D eigenvalue weighted by atomic mass is 10.4. The van der Waals surface area contributed by atoms with E-state index in [0.717, 1.165) is 0 Å². The summed E-state index contributed by atoms with van der Waals surface area (Å²) in [6.45, 7) is 2.34. The molecule has 0 aromatic heterocycles. The molecule has 1 unspecified atom stereocenters. The predicted molar refractivity (Wildman–Crippen MR) is 57.0 cm³/mol. The highest BCUT2D eigenvalue weighted by molar-refractivity contribution is 7.85. The van der Waals surface area contributed by atoms with Gasteiger partial charge in [0, 0.05) is 36.2 Å². The van der Waals surface area contributed by atoms with Crippen LogP contribution in [0.1, 0.15) is 6.42 Å². The Morgan fingerprint density at radius 1 is 1.40 bits per heavy atom. The first-order chi connectivity index (χ1) is 7.24. The van der Waals surface area contributed by atoms with E-state index >= 15 is 0 Å². The smallest absolute Gasteiger partial charge is 0.235 e. The fourth-order valence-corrected chi connectivity index (χ4v) is 2.39. The summed E-state index contributed by atoms with van der Waals surface area (Å²) in [4.78, 5) is 13.3. The third kappa shape index (κ3) is 4.72. The third-order valence-corrected chi connectivity index (χ3v) is 3.49. The number of morpholine rings is 1. The minimum absolute atomic E-state index is 0.0253. The van der Waals surface area contributed by atoms with Gasteiger partial charge in [-0.2, -0.15) is 0 Å². The van der Waals surface area contributed by atoms with Crippen LogP contribution in [0.3, 0.4) is 0 Å². The molecule has 0 radical (unpaired) electrons. The number of ether oxygens (including phenoxy) is 1. The summed E-state index contributed by atoms with van der Waals surface area (Å²) >= 11 is 0. The molecule has 6 heteroatoms. The van der Waals surface area contributed by atoms with Crippen LogP contribution in [0.2, 0.25) is 0 Å². The molecule has 1 rings (SSSR count). The van der Waals surface area contributed by atoms with Crippen molar-refractivity contribution in [2.24, 2.45) is 0 Å². The van der Waals surface area contributed by atoms with E-state index in [2.05, 4.69) is 0 Å². The predicted octanol–water partition coefficient (Wildman–Crippen LogP) is -1.02. The van der Waals surface area contributed by atoms with E-state index in [9.17, 15) is 9.00 Å². The second-order valence-electron chi connectivity index (χ2n) is 3.36. The van der Waals surface area contributed by atoms with Crippen LogP contribution in [0.5, 0.6) is 0 Å². The highest BCUT2D eigenvalue weighted by Crippen LogP contribution is 1.99. The minimum atomic E-state index is -1.14. The molecular weight excluding hydrogens is 218 g/mol. The van der Waals surface area contributed by atoms with Crippen molar-refractivity contribution in [2.75, 3.05) is 44.4 Å². The van der Waals surface area contributed by atoms with Crippen molar-refractivity contribution < 1.29 is 18.8 Å². The van der Waals surface area contributed by atoms with Crippen molar-refractivity contribution in [2.45, 2.75) is 6.42 Å². The van der Waals surface area contributed by atoms with E-state index in [1.165, 1.54) is 0 Å². The van der Waals surface area contributed by atoms with Crippen LogP contribution >= 0.6 is 0 Å². The number of rotatable bonds is 5. The maximum atomic E-state index is 11.6. The van der Waals surface area contributed by atoms with Crippen LogP contribution in [0.15, 0.2) is 0 Å². The second-order valence-corrected chi connectivity index (χ2v) is 4.94. The van der Waals surface area contributed by atoms with Gasteiger partial charge in [-0.1, -0.05) is 0 Å². The van der Waals surface area contributed by atoms with E-state index in [4.69, 9.17) is 9.84 Å². The van der Waals surface area contributed by atoms with E-state index in [0.29, 0.717) is 38.5 Å². The molecule has 1 atom stereocenters. The van der Waals surface area contributed by atoms with Crippen LogP contribution in [0.4, 0.5) is 0 Å². The first-order valence-electron chi connectivity index (χ1n) is 5.05. The maximum absolute atomic E-state index is 11.6. The molecule has 0 aromatic carbocycles. The van der Waals surface area contributed by atoms with E-state index in [1.807, 2.05) is 0 Å². The number of carbonyl (C=O) groups excluding carboxylic acids is 1. The molecule has 1 aliphatic heterocycles. The van der Waals surface area contributed by atoms with Gasteiger partial charge in [-0.15, -0.1) is 0 Å². The Hall–Kier alpha value is -0.460. The monoisotopic (exact) mass is 235 g/mol. The number of hydrogen-bond donors (Lipinski definition) is 1. The van der Waals surface area contributed by atoms with Gasteiger partial charge in [-0.05, 0) is 6.42 Å². The lowest BCUT2D eigenvalue weighted by molar-refractivity contribution is -0.132. The van der Waals surface area contributed by atoms with Gasteiger partial charge in [-0.3, -0.25) is 9.00 Å². The highest BCUT2D eigenvalue weighted by atomic mass is 32.2. The first-order valence-corrected chi connectivity index (χ1v) is 6.54. The molecule has 1 saturated heterocycles. The lowest BCUT2D eigenvalue weighted by Crippen LogP contribution is -2.42. The van der Waals surface area contributed by atoms with E-state index in [-0.39, 0.29) is 18.3 Å². The number of aliphatic hydroxyl groups is 1. The molecule has 1 fully saturated rings. The summed E-state index contributed by atoms with van der Waals surface area (Å²) in [7, 11) is -1.14. The van der Waals surface area contributed by atoms with Gasteiger partial charge in [0.25, 0.3) is 0 Å². The van der Waals surface area contributed by atoms with Crippen molar-refractivity contribution in [1.82, 2.24) is 4.90 Å². The van der Waals surface area contributed by atoms with Gasteiger partial charge in [-0.25, -0.2) is 0 Å². The molecule has 5 nitrogen and oxygen atoms in total. The van der Waals surface area contributed by atoms with Gasteiger partial charge in [0.2, 0.25) is 5.91 Å². The van der Waals surface area contributed by atoms with E-state index in [1.54, 1.807) is 4.90 Å². The van der Waals surface area contributed by atoms with Gasteiger partial charge >= 0.3 is 0 Å². The summed E-state index contributed by atoms with van der Waals surface area (Å²) in [6.07, 6.45) is 0.489. The Labute approximate surface area is 91.9 Å². The van der Waals surface area contributed by atoms with Gasteiger partial charge in [0.15, 0.2) is 0 Å². The largest absolute Gasteiger partial charge is 0.396 e. The van der Waals surface area contributed by atoms with Gasteiger partial charge < -0.3 is 14.7 Å². The molecule has 0 aliphatic carbocycles. The molecular formula is C9H17NO4S. The molecule has 0 aromatic rings. The van der Waals surface area contributed by atoms with Gasteiger partial charge in [0.1, 0.15) is 5.75 Å². The van der Waals surface area contributed by atoms with E-state index < -0.39 is 10.8 Å². The van der Waals surface area contributed by atoms with Gasteiger partial charge in [0.05, 0.1) is 13.2 Å². The molecule has 1 aliphatic rings. The number of carbonyl (C=O) groups is 1. The lowest BCUT2D eigenvalue weighted by Gasteiger charge is -2.26. The molecule has 15 heavy (non-hydrogen) atoms. The van der Waals surface area contributed by atoms with Crippen molar-refractivity contribution in [3.05, 3.63) is 0 Å². The zero-order valence-electron chi connectivity index (χ0n) is 8.68. The molecule has 1 heterocycles. The summed E-state index contributed by atoms with van der Waals surface area (Å²) in [5.41, 5.74) is 0. The number of aliphatic hydroxyl groups excluding tert-OH is 1. The second kappa shape index (κ2) is 6.92. The third-order valence-electron chi connectivity index (χ3n) is 2.18. The Morgan fingerprint density at radius 2 is 2.07 bits per heavy atom. The molecule has 88 valence electrons. The zero-order valence-corrected chi connectivity index (χ0v) is 9.50. The van der Waals surface area contributed by atoms with Crippen molar-refractivity contribution in [3.63, 3.8) is 0 Å². The SMILES string of the molecule is O=C(CS(=O)CCCO)N1CCOCC1. The Morgan fingerprint density at radius 3 is 2.67 bits per heavy atom. The fourth-order valence-electron chi connectivity index (χ4n) is 1.34.